The second-order valence-corrected chi connectivity index (χ2v) is 6.49. The highest BCUT2D eigenvalue weighted by molar-refractivity contribution is 7.41. The number of hydrogen-bond acceptors (Lipinski definition) is 2. The first-order valence-electron chi connectivity index (χ1n) is 7.78. The van der Waals surface area contributed by atoms with Gasteiger partial charge in [-0.1, -0.05) is 91.0 Å². The van der Waals surface area contributed by atoms with Gasteiger partial charge >= 0.3 is 8.69 Å². The molecule has 0 spiro atoms. The molecule has 0 aliphatic carbocycles. The zero-order valence-corrected chi connectivity index (χ0v) is 13.8. The zero-order valence-electron chi connectivity index (χ0n) is 12.9. The second-order valence-electron chi connectivity index (χ2n) is 5.67. The van der Waals surface area contributed by atoms with Gasteiger partial charge in [0.1, 0.15) is 6.10 Å². The van der Waals surface area contributed by atoms with Crippen LogP contribution in [0.25, 0.3) is 0 Å². The fraction of sp³-hybridized carbons (Fsp3) is 0.100. The summed E-state index contributed by atoms with van der Waals surface area (Å²) in [6.45, 7) is 0. The van der Waals surface area contributed by atoms with Crippen LogP contribution in [0.5, 0.6) is 0 Å². The molecule has 1 fully saturated rings. The minimum atomic E-state index is -2.46. The second kappa shape index (κ2) is 6.45. The summed E-state index contributed by atoms with van der Waals surface area (Å²) >= 11 is 0. The summed E-state index contributed by atoms with van der Waals surface area (Å²) in [5.74, 6) is 0. The summed E-state index contributed by atoms with van der Waals surface area (Å²) < 4.78 is 25.9. The predicted molar refractivity (Wildman–Crippen MR) is 93.0 cm³/mol. The van der Waals surface area contributed by atoms with Crippen molar-refractivity contribution in [3.63, 3.8) is 0 Å². The van der Waals surface area contributed by atoms with Crippen LogP contribution in [0.4, 0.5) is 4.20 Å². The first kappa shape index (κ1) is 15.5. The van der Waals surface area contributed by atoms with Crippen LogP contribution in [0.3, 0.4) is 0 Å². The van der Waals surface area contributed by atoms with Crippen molar-refractivity contribution in [3.8, 4) is 0 Å². The summed E-state index contributed by atoms with van der Waals surface area (Å²) in [5, 5.41) is 0. The van der Waals surface area contributed by atoms with Crippen molar-refractivity contribution in [1.82, 2.24) is 0 Å². The molecule has 0 saturated carbocycles. The van der Waals surface area contributed by atoms with E-state index < -0.39 is 20.4 Å². The van der Waals surface area contributed by atoms with E-state index in [0.29, 0.717) is 0 Å². The van der Waals surface area contributed by atoms with E-state index in [1.165, 1.54) is 0 Å². The summed E-state index contributed by atoms with van der Waals surface area (Å²) in [7, 11) is -2.46. The molecule has 0 N–H and O–H groups in total. The smallest absolute Gasteiger partial charge is 0.297 e. The van der Waals surface area contributed by atoms with Crippen LogP contribution in [-0.2, 0) is 14.6 Å². The predicted octanol–water partition coefficient (Wildman–Crippen LogP) is 5.91. The molecule has 3 aromatic rings. The monoisotopic (exact) mass is 338 g/mol. The van der Waals surface area contributed by atoms with E-state index in [-0.39, 0.29) is 0 Å². The maximum absolute atomic E-state index is 14.3. The molecule has 0 aromatic heterocycles. The molecule has 2 unspecified atom stereocenters. The molecule has 0 amide bonds. The number of rotatable bonds is 3. The number of hydrogen-bond donors (Lipinski definition) is 0. The molecule has 2 nitrogen and oxygen atoms in total. The van der Waals surface area contributed by atoms with Crippen molar-refractivity contribution < 1.29 is 13.2 Å². The number of halogens is 1. The molecule has 4 rings (SSSR count). The van der Waals surface area contributed by atoms with Gasteiger partial charge in [0, 0.05) is 0 Å². The molecular formula is C20H16FO2P. The zero-order chi connectivity index (χ0) is 16.4. The van der Waals surface area contributed by atoms with E-state index in [4.69, 9.17) is 9.05 Å². The van der Waals surface area contributed by atoms with Crippen LogP contribution in [0.2, 0.25) is 0 Å². The van der Waals surface area contributed by atoms with Crippen LogP contribution in [-0.4, -0.2) is 0 Å². The topological polar surface area (TPSA) is 18.5 Å². The fourth-order valence-corrected chi connectivity index (χ4v) is 4.22. The van der Waals surface area contributed by atoms with Gasteiger partial charge < -0.3 is 0 Å². The molecule has 0 radical (unpaired) electrons. The van der Waals surface area contributed by atoms with Gasteiger partial charge in [-0.3, -0.25) is 9.05 Å². The van der Waals surface area contributed by atoms with E-state index in [1.54, 1.807) is 0 Å². The maximum atomic E-state index is 14.3. The molecule has 0 bridgehead atoms. The van der Waals surface area contributed by atoms with Crippen LogP contribution in [0.15, 0.2) is 91.0 Å². The Bertz CT molecular complexity index is 756. The van der Waals surface area contributed by atoms with E-state index in [1.807, 2.05) is 91.0 Å². The molecule has 2 atom stereocenters. The van der Waals surface area contributed by atoms with Crippen LogP contribution >= 0.6 is 8.69 Å². The van der Waals surface area contributed by atoms with Gasteiger partial charge in [-0.25, -0.2) is 0 Å². The highest BCUT2D eigenvalue weighted by Crippen LogP contribution is 2.65. The molecule has 3 aromatic carbocycles. The van der Waals surface area contributed by atoms with Crippen LogP contribution < -0.4 is 0 Å². The lowest BCUT2D eigenvalue weighted by Crippen LogP contribution is -2.32. The summed E-state index contributed by atoms with van der Waals surface area (Å²) in [6.07, 6.45) is -0.542. The van der Waals surface area contributed by atoms with Crippen molar-refractivity contribution in [3.05, 3.63) is 108 Å². The summed E-state index contributed by atoms with van der Waals surface area (Å²) in [6, 6.07) is 29.1. The SMILES string of the molecule is FP1OC(c2ccccc2)C(c2ccccc2)(c2ccccc2)O1. The Morgan fingerprint density at radius 3 is 1.67 bits per heavy atom. The van der Waals surface area contributed by atoms with Gasteiger partial charge in [0.25, 0.3) is 0 Å². The van der Waals surface area contributed by atoms with Gasteiger partial charge in [0.05, 0.1) is 0 Å². The van der Waals surface area contributed by atoms with Crippen molar-refractivity contribution in [1.29, 1.82) is 0 Å². The third kappa shape index (κ3) is 2.55. The quantitative estimate of drug-likeness (QED) is 0.552. The summed E-state index contributed by atoms with van der Waals surface area (Å²) in [5.41, 5.74) is 1.66. The number of benzene rings is 3. The minimum absolute atomic E-state index is 0.542. The first-order chi connectivity index (χ1) is 11.8. The highest BCUT2D eigenvalue weighted by Gasteiger charge is 2.54. The Balaban J connectivity index is 1.95. The average Bonchev–Trinajstić information content (AvgIpc) is 3.02. The minimum Gasteiger partial charge on any atom is -0.297 e. The van der Waals surface area contributed by atoms with Gasteiger partial charge in [-0.15, -0.1) is 0 Å². The maximum Gasteiger partial charge on any atom is 0.376 e. The van der Waals surface area contributed by atoms with Crippen molar-refractivity contribution in [2.24, 2.45) is 0 Å². The van der Waals surface area contributed by atoms with Crippen LogP contribution in [0, 0.1) is 0 Å². The van der Waals surface area contributed by atoms with E-state index in [0.717, 1.165) is 16.7 Å². The van der Waals surface area contributed by atoms with Crippen molar-refractivity contribution in [2.45, 2.75) is 11.7 Å². The Labute approximate surface area is 141 Å². The Morgan fingerprint density at radius 2 is 1.17 bits per heavy atom. The molecule has 1 aliphatic heterocycles. The molecule has 1 aliphatic rings. The molecule has 120 valence electrons. The van der Waals surface area contributed by atoms with Gasteiger partial charge in [-0.2, -0.15) is 4.20 Å². The lowest BCUT2D eigenvalue weighted by atomic mass is 9.79. The third-order valence-electron chi connectivity index (χ3n) is 4.28. The standard InChI is InChI=1S/C20H16FO2P/c21-24-22-19(16-10-4-1-5-11-16)20(23-24,17-12-6-2-7-13-17)18-14-8-3-9-15-18/h1-15,19H. The van der Waals surface area contributed by atoms with Gasteiger partial charge in [0.2, 0.25) is 0 Å². The first-order valence-corrected chi connectivity index (χ1v) is 8.85. The third-order valence-corrected chi connectivity index (χ3v) is 5.09. The molecule has 1 saturated heterocycles. The highest BCUT2D eigenvalue weighted by atomic mass is 31.2. The average molecular weight is 338 g/mol. The van der Waals surface area contributed by atoms with E-state index >= 15 is 0 Å². The van der Waals surface area contributed by atoms with E-state index in [9.17, 15) is 4.20 Å². The largest absolute Gasteiger partial charge is 0.376 e. The normalized spacial score (nSPS) is 22.4. The van der Waals surface area contributed by atoms with Gasteiger partial charge in [0.15, 0.2) is 5.60 Å². The molecule has 24 heavy (non-hydrogen) atoms. The molecular weight excluding hydrogens is 322 g/mol. The fourth-order valence-electron chi connectivity index (χ4n) is 3.21. The van der Waals surface area contributed by atoms with Crippen molar-refractivity contribution >= 4 is 8.69 Å². The van der Waals surface area contributed by atoms with Crippen LogP contribution in [0.1, 0.15) is 22.8 Å². The molecule has 4 heteroatoms. The van der Waals surface area contributed by atoms with Crippen molar-refractivity contribution in [2.75, 3.05) is 0 Å². The summed E-state index contributed by atoms with van der Waals surface area (Å²) in [4.78, 5) is 0. The Kier molecular flexibility index (Phi) is 4.15. The van der Waals surface area contributed by atoms with E-state index in [2.05, 4.69) is 0 Å². The lowest BCUT2D eigenvalue weighted by molar-refractivity contribution is 0.0733. The Hall–Kier alpha value is -2.06. The lowest BCUT2D eigenvalue weighted by Gasteiger charge is -2.33. The Morgan fingerprint density at radius 1 is 0.708 bits per heavy atom. The van der Waals surface area contributed by atoms with Gasteiger partial charge in [-0.05, 0) is 16.7 Å². The molecule has 1 heterocycles.